The van der Waals surface area contributed by atoms with Crippen LogP contribution in [0.1, 0.15) is 28.8 Å². The van der Waals surface area contributed by atoms with Gasteiger partial charge in [0.1, 0.15) is 22.2 Å². The van der Waals surface area contributed by atoms with Crippen molar-refractivity contribution in [3.05, 3.63) is 82.7 Å². The van der Waals surface area contributed by atoms with Crippen LogP contribution >= 0.6 is 0 Å². The molecule has 4 aromatic rings. The number of rotatable bonds is 6. The molecule has 0 atom stereocenters. The first-order valence-corrected chi connectivity index (χ1v) is 12.3. The molecule has 7 nitrogen and oxygen atoms in total. The number of halogens is 7. The average molecular weight is 572 g/mol. The number of nitrogens with one attached hydrogen (secondary N) is 1. The number of hydrogen-bond donors (Lipinski definition) is 2. The number of hydrogen-bond acceptors (Lipinski definition) is 5. The van der Waals surface area contributed by atoms with Crippen LogP contribution in [0.5, 0.6) is 0 Å². The number of aliphatic hydroxyl groups is 1. The van der Waals surface area contributed by atoms with Crippen molar-refractivity contribution in [3.63, 3.8) is 0 Å². The van der Waals surface area contributed by atoms with Crippen LogP contribution in [-0.2, 0) is 16.2 Å². The number of aromatic nitrogens is 3. The molecule has 2 aromatic heterocycles. The van der Waals surface area contributed by atoms with Gasteiger partial charge in [-0.05, 0) is 24.3 Å². The SMILES string of the molecule is O=S(=O)(NCCO)c1cc(C#Cc2cnn3c(C(F)F)cc(-c4ccc(C(F)(F)F)cc4)nc23)c(F)cc1F. The largest absolute Gasteiger partial charge is 0.416 e. The number of alkyl halides is 5. The molecule has 204 valence electrons. The third-order valence-electron chi connectivity index (χ3n) is 5.28. The summed E-state index contributed by atoms with van der Waals surface area (Å²) in [4.78, 5) is 3.24. The summed E-state index contributed by atoms with van der Waals surface area (Å²) in [6.45, 7) is -1.01. The van der Waals surface area contributed by atoms with E-state index in [1.54, 1.807) is 0 Å². The number of benzene rings is 2. The van der Waals surface area contributed by atoms with Gasteiger partial charge in [0.2, 0.25) is 10.0 Å². The zero-order valence-corrected chi connectivity index (χ0v) is 20.1. The van der Waals surface area contributed by atoms with Gasteiger partial charge < -0.3 is 5.11 Å². The van der Waals surface area contributed by atoms with E-state index in [2.05, 4.69) is 21.9 Å². The zero-order chi connectivity index (χ0) is 28.5. The van der Waals surface area contributed by atoms with Gasteiger partial charge >= 0.3 is 6.18 Å². The topological polar surface area (TPSA) is 96.6 Å². The summed E-state index contributed by atoms with van der Waals surface area (Å²) in [6, 6.07) is 5.49. The molecule has 0 aliphatic rings. The highest BCUT2D eigenvalue weighted by Gasteiger charge is 2.30. The first-order valence-electron chi connectivity index (χ1n) is 10.8. The maximum atomic E-state index is 14.4. The molecular formula is C24H15F7N4O3S. The summed E-state index contributed by atoms with van der Waals surface area (Å²) in [5.41, 5.74) is -2.56. The summed E-state index contributed by atoms with van der Waals surface area (Å²) >= 11 is 0. The fraction of sp³-hybridized carbons (Fsp3) is 0.167. The lowest BCUT2D eigenvalue weighted by Crippen LogP contribution is -2.27. The van der Waals surface area contributed by atoms with Gasteiger partial charge in [0, 0.05) is 18.2 Å². The highest BCUT2D eigenvalue weighted by atomic mass is 32.2. The number of nitrogens with zero attached hydrogens (tertiary/aromatic N) is 3. The van der Waals surface area contributed by atoms with Crippen molar-refractivity contribution in [2.24, 2.45) is 0 Å². The summed E-state index contributed by atoms with van der Waals surface area (Å²) in [5, 5.41) is 12.6. The predicted octanol–water partition coefficient (Wildman–Crippen LogP) is 4.30. The van der Waals surface area contributed by atoms with Crippen molar-refractivity contribution in [2.45, 2.75) is 17.5 Å². The van der Waals surface area contributed by atoms with Gasteiger partial charge in [-0.25, -0.2) is 40.2 Å². The van der Waals surface area contributed by atoms with Crippen LogP contribution in [0, 0.1) is 23.5 Å². The monoisotopic (exact) mass is 572 g/mol. The van der Waals surface area contributed by atoms with E-state index in [9.17, 15) is 39.2 Å². The number of aliphatic hydroxyl groups excluding tert-OH is 1. The first kappa shape index (κ1) is 28.0. The Morgan fingerprint density at radius 2 is 1.67 bits per heavy atom. The average Bonchev–Trinajstić information content (AvgIpc) is 3.28. The zero-order valence-electron chi connectivity index (χ0n) is 19.3. The quantitative estimate of drug-likeness (QED) is 0.265. The molecule has 0 fully saturated rings. The van der Waals surface area contributed by atoms with E-state index in [0.29, 0.717) is 12.1 Å². The lowest BCUT2D eigenvalue weighted by molar-refractivity contribution is -0.137. The minimum Gasteiger partial charge on any atom is -0.395 e. The van der Waals surface area contributed by atoms with Crippen molar-refractivity contribution in [3.8, 4) is 23.1 Å². The second-order valence-electron chi connectivity index (χ2n) is 7.87. The van der Waals surface area contributed by atoms with Crippen molar-refractivity contribution in [1.29, 1.82) is 0 Å². The van der Waals surface area contributed by atoms with Gasteiger partial charge in [-0.2, -0.15) is 18.3 Å². The normalized spacial score (nSPS) is 12.1. The minimum absolute atomic E-state index is 0.0855. The molecule has 0 unspecified atom stereocenters. The lowest BCUT2D eigenvalue weighted by Gasteiger charge is -2.10. The molecule has 0 amide bonds. The molecule has 0 aliphatic heterocycles. The van der Waals surface area contributed by atoms with E-state index in [4.69, 9.17) is 5.11 Å². The van der Waals surface area contributed by atoms with Crippen LogP contribution in [-0.4, -0.2) is 41.3 Å². The first-order chi connectivity index (χ1) is 18.3. The van der Waals surface area contributed by atoms with Crippen molar-refractivity contribution in [2.75, 3.05) is 13.2 Å². The van der Waals surface area contributed by atoms with Gasteiger partial charge in [0.25, 0.3) is 6.43 Å². The Morgan fingerprint density at radius 3 is 2.28 bits per heavy atom. The molecule has 2 aromatic carbocycles. The van der Waals surface area contributed by atoms with Crippen LogP contribution in [0.15, 0.2) is 53.6 Å². The van der Waals surface area contributed by atoms with E-state index in [-0.39, 0.29) is 22.5 Å². The lowest BCUT2D eigenvalue weighted by atomic mass is 10.1. The number of fused-ring (bicyclic) bond motifs is 1. The van der Waals surface area contributed by atoms with Gasteiger partial charge in [-0.1, -0.05) is 24.0 Å². The van der Waals surface area contributed by atoms with Crippen LogP contribution in [0.4, 0.5) is 30.7 Å². The fourth-order valence-corrected chi connectivity index (χ4v) is 4.54. The molecule has 39 heavy (non-hydrogen) atoms. The Bertz CT molecular complexity index is 1710. The second-order valence-corrected chi connectivity index (χ2v) is 9.60. The molecule has 0 radical (unpaired) electrons. The Kier molecular flexibility index (Phi) is 7.64. The Morgan fingerprint density at radius 1 is 1.00 bits per heavy atom. The smallest absolute Gasteiger partial charge is 0.395 e. The standard InChI is InChI=1S/C24H15F7N4O3S/c25-17-10-18(26)21(39(37,38)33-7-8-36)9-14(17)1-2-15-12-32-35-20(22(27)28)11-19(34-23(15)35)13-3-5-16(6-4-13)24(29,30)31/h3-6,9-12,22,33,36H,7-8H2. The minimum atomic E-state index is -4.61. The summed E-state index contributed by atoms with van der Waals surface area (Å²) in [5.74, 6) is 2.10. The van der Waals surface area contributed by atoms with E-state index in [1.165, 1.54) is 0 Å². The Labute approximate surface area is 216 Å². The van der Waals surface area contributed by atoms with Crippen LogP contribution in [0.3, 0.4) is 0 Å². The Balaban J connectivity index is 1.81. The van der Waals surface area contributed by atoms with Crippen molar-refractivity contribution < 1.29 is 44.3 Å². The van der Waals surface area contributed by atoms with Crippen LogP contribution < -0.4 is 4.72 Å². The van der Waals surface area contributed by atoms with E-state index in [0.717, 1.165) is 41.0 Å². The highest BCUT2D eigenvalue weighted by Crippen LogP contribution is 2.32. The summed E-state index contributed by atoms with van der Waals surface area (Å²) in [7, 11) is -4.46. The summed E-state index contributed by atoms with van der Waals surface area (Å²) in [6.07, 6.45) is -6.65. The van der Waals surface area contributed by atoms with Crippen LogP contribution in [0.25, 0.3) is 16.9 Å². The van der Waals surface area contributed by atoms with E-state index < -0.39 is 69.1 Å². The molecule has 4 rings (SSSR count). The maximum absolute atomic E-state index is 14.4. The third-order valence-corrected chi connectivity index (χ3v) is 6.75. The fourth-order valence-electron chi connectivity index (χ4n) is 3.43. The molecule has 2 heterocycles. The molecule has 0 saturated heterocycles. The molecule has 0 saturated carbocycles. The van der Waals surface area contributed by atoms with Gasteiger partial charge in [-0.3, -0.25) is 0 Å². The molecule has 0 spiro atoms. The van der Waals surface area contributed by atoms with Crippen molar-refractivity contribution >= 4 is 15.7 Å². The third kappa shape index (κ3) is 5.87. The molecule has 0 bridgehead atoms. The van der Waals surface area contributed by atoms with Gasteiger partial charge in [-0.15, -0.1) is 0 Å². The molecule has 0 aliphatic carbocycles. The summed E-state index contributed by atoms with van der Waals surface area (Å²) < 4.78 is 122. The predicted molar refractivity (Wildman–Crippen MR) is 123 cm³/mol. The van der Waals surface area contributed by atoms with Crippen molar-refractivity contribution in [1.82, 2.24) is 19.3 Å². The van der Waals surface area contributed by atoms with Gasteiger partial charge in [0.05, 0.1) is 35.2 Å². The molecule has 2 N–H and O–H groups in total. The Hall–Kier alpha value is -4.00. The molecule has 15 heteroatoms. The maximum Gasteiger partial charge on any atom is 0.416 e. The molecular weight excluding hydrogens is 557 g/mol. The number of sulfonamides is 1. The van der Waals surface area contributed by atoms with Crippen LogP contribution in [0.2, 0.25) is 0 Å². The van der Waals surface area contributed by atoms with E-state index in [1.807, 2.05) is 4.72 Å². The second kappa shape index (κ2) is 10.6. The highest BCUT2D eigenvalue weighted by molar-refractivity contribution is 7.89. The van der Waals surface area contributed by atoms with Gasteiger partial charge in [0.15, 0.2) is 5.65 Å². The van der Waals surface area contributed by atoms with E-state index >= 15 is 0 Å².